The quantitative estimate of drug-likeness (QED) is 0.476. The minimum absolute atomic E-state index is 0.0148. The normalized spacial score (nSPS) is 11.1. The second-order valence-corrected chi connectivity index (χ2v) is 5.66. The van der Waals surface area contributed by atoms with Gasteiger partial charge in [-0.3, -0.25) is 14.9 Å². The van der Waals surface area contributed by atoms with E-state index in [0.29, 0.717) is 9.26 Å². The number of benzene rings is 1. The molecule has 1 rings (SSSR count). The Morgan fingerprint density at radius 2 is 2.17 bits per heavy atom. The highest BCUT2D eigenvalue weighted by molar-refractivity contribution is 14.1. The van der Waals surface area contributed by atoms with E-state index in [1.807, 2.05) is 22.6 Å². The number of rotatable bonds is 5. The van der Waals surface area contributed by atoms with Crippen LogP contribution in [0.5, 0.6) is 0 Å². The Balaban J connectivity index is 2.92. The Bertz CT molecular complexity index is 488. The summed E-state index contributed by atoms with van der Waals surface area (Å²) in [7, 11) is 0. The predicted molar refractivity (Wildman–Crippen MR) is 75.8 cm³/mol. The molecule has 6 nitrogen and oxygen atoms in total. The maximum atomic E-state index is 10.7. The molecule has 0 atom stereocenters. The summed E-state index contributed by atoms with van der Waals surface area (Å²) in [6, 6.07) is 4.42. The molecule has 0 saturated heterocycles. The third kappa shape index (κ3) is 4.13. The van der Waals surface area contributed by atoms with Gasteiger partial charge in [0.25, 0.3) is 5.69 Å². The Kier molecular flexibility index (Phi) is 4.49. The van der Waals surface area contributed by atoms with E-state index in [0.717, 1.165) is 0 Å². The molecule has 1 aromatic rings. The first kappa shape index (κ1) is 14.7. The number of aliphatic carboxylic acids is 1. The molecule has 0 aliphatic carbocycles. The van der Waals surface area contributed by atoms with Crippen molar-refractivity contribution in [1.29, 1.82) is 0 Å². The summed E-state index contributed by atoms with van der Waals surface area (Å²) in [5.74, 6) is -0.899. The number of nitro groups is 1. The standard InChI is InChI=1S/C11H13IN2O4/c1-11(2,6-10(15)16)13-9-4-3-7(14(17)18)5-8(9)12/h3-5,13H,6H2,1-2H3,(H,15,16). The number of nitrogens with one attached hydrogen (secondary N) is 1. The molecule has 98 valence electrons. The Morgan fingerprint density at radius 3 is 2.61 bits per heavy atom. The van der Waals surface area contributed by atoms with Crippen LogP contribution in [-0.2, 0) is 4.79 Å². The van der Waals surface area contributed by atoms with Crippen LogP contribution in [0, 0.1) is 13.7 Å². The number of anilines is 1. The van der Waals surface area contributed by atoms with Crippen molar-refractivity contribution in [3.05, 3.63) is 31.9 Å². The highest BCUT2D eigenvalue weighted by Gasteiger charge is 2.22. The highest BCUT2D eigenvalue weighted by atomic mass is 127. The van der Waals surface area contributed by atoms with Gasteiger partial charge in [0.05, 0.1) is 11.3 Å². The molecule has 0 amide bonds. The summed E-state index contributed by atoms with van der Waals surface area (Å²) in [5.41, 5.74) is 0.0791. The smallest absolute Gasteiger partial charge is 0.305 e. The van der Waals surface area contributed by atoms with Crippen LogP contribution in [0.25, 0.3) is 0 Å². The lowest BCUT2D eigenvalue weighted by molar-refractivity contribution is -0.384. The second kappa shape index (κ2) is 5.51. The van der Waals surface area contributed by atoms with Crippen molar-refractivity contribution in [3.63, 3.8) is 0 Å². The van der Waals surface area contributed by atoms with Gasteiger partial charge in [0, 0.05) is 26.9 Å². The number of carboxylic acids is 1. The molecule has 0 saturated carbocycles. The summed E-state index contributed by atoms with van der Waals surface area (Å²) < 4.78 is 0.681. The minimum Gasteiger partial charge on any atom is -0.481 e. The van der Waals surface area contributed by atoms with E-state index >= 15 is 0 Å². The number of non-ortho nitro benzene ring substituents is 1. The molecule has 0 aromatic heterocycles. The lowest BCUT2D eigenvalue weighted by Gasteiger charge is -2.26. The molecule has 0 fully saturated rings. The minimum atomic E-state index is -0.899. The van der Waals surface area contributed by atoms with Gasteiger partial charge < -0.3 is 10.4 Å². The molecule has 0 aliphatic heterocycles. The van der Waals surface area contributed by atoms with Crippen molar-refractivity contribution < 1.29 is 14.8 Å². The lowest BCUT2D eigenvalue weighted by atomic mass is 10.0. The Hall–Kier alpha value is -1.38. The summed E-state index contributed by atoms with van der Waals surface area (Å²) in [6.45, 7) is 3.53. The van der Waals surface area contributed by atoms with Crippen molar-refractivity contribution in [2.24, 2.45) is 0 Å². The maximum absolute atomic E-state index is 10.7. The molecule has 7 heteroatoms. The molecule has 0 heterocycles. The number of hydrogen-bond acceptors (Lipinski definition) is 4. The summed E-state index contributed by atoms with van der Waals surface area (Å²) in [5, 5.41) is 22.5. The molecule has 0 unspecified atom stereocenters. The number of carboxylic acid groups (broad SMARTS) is 1. The first-order valence-electron chi connectivity index (χ1n) is 5.15. The van der Waals surface area contributed by atoms with Gasteiger partial charge in [0.2, 0.25) is 0 Å². The fourth-order valence-electron chi connectivity index (χ4n) is 1.51. The first-order chi connectivity index (χ1) is 8.21. The molecule has 2 N–H and O–H groups in total. The number of nitrogens with zero attached hydrogens (tertiary/aromatic N) is 1. The molecular formula is C11H13IN2O4. The lowest BCUT2D eigenvalue weighted by Crippen LogP contribution is -2.33. The van der Waals surface area contributed by atoms with Crippen molar-refractivity contribution in [3.8, 4) is 0 Å². The first-order valence-corrected chi connectivity index (χ1v) is 6.23. The average molecular weight is 364 g/mol. The molecule has 18 heavy (non-hydrogen) atoms. The third-order valence-electron chi connectivity index (χ3n) is 2.23. The van der Waals surface area contributed by atoms with Crippen molar-refractivity contribution in [2.75, 3.05) is 5.32 Å². The van der Waals surface area contributed by atoms with Crippen LogP contribution >= 0.6 is 22.6 Å². The van der Waals surface area contributed by atoms with E-state index in [9.17, 15) is 14.9 Å². The molecule has 0 radical (unpaired) electrons. The van der Waals surface area contributed by atoms with E-state index in [2.05, 4.69) is 5.32 Å². The Labute approximate surface area is 118 Å². The van der Waals surface area contributed by atoms with Gasteiger partial charge in [-0.15, -0.1) is 0 Å². The molecular weight excluding hydrogens is 351 g/mol. The molecule has 1 aromatic carbocycles. The highest BCUT2D eigenvalue weighted by Crippen LogP contribution is 2.27. The van der Waals surface area contributed by atoms with Crippen LogP contribution in [-0.4, -0.2) is 21.5 Å². The van der Waals surface area contributed by atoms with Crippen LogP contribution in [0.15, 0.2) is 18.2 Å². The number of halogens is 1. The summed E-state index contributed by atoms with van der Waals surface area (Å²) in [4.78, 5) is 20.8. The summed E-state index contributed by atoms with van der Waals surface area (Å²) in [6.07, 6.45) is -0.0416. The molecule has 0 spiro atoms. The van der Waals surface area contributed by atoms with Gasteiger partial charge in [0.1, 0.15) is 0 Å². The number of hydrogen-bond donors (Lipinski definition) is 2. The van der Waals surface area contributed by atoms with Gasteiger partial charge in [-0.05, 0) is 42.5 Å². The van der Waals surface area contributed by atoms with Crippen molar-refractivity contribution in [1.82, 2.24) is 0 Å². The fraction of sp³-hybridized carbons (Fsp3) is 0.364. The number of carbonyl (C=O) groups is 1. The van der Waals surface area contributed by atoms with E-state index in [1.165, 1.54) is 12.1 Å². The fourth-order valence-corrected chi connectivity index (χ4v) is 2.14. The largest absolute Gasteiger partial charge is 0.481 e. The third-order valence-corrected chi connectivity index (χ3v) is 3.12. The van der Waals surface area contributed by atoms with Crippen LogP contribution in [0.4, 0.5) is 11.4 Å². The van der Waals surface area contributed by atoms with Crippen molar-refractivity contribution >= 4 is 39.9 Å². The van der Waals surface area contributed by atoms with Gasteiger partial charge in [0.15, 0.2) is 0 Å². The van der Waals surface area contributed by atoms with E-state index in [1.54, 1.807) is 19.9 Å². The maximum Gasteiger partial charge on any atom is 0.305 e. The Morgan fingerprint density at radius 1 is 1.56 bits per heavy atom. The van der Waals surface area contributed by atoms with Gasteiger partial charge in [-0.1, -0.05) is 0 Å². The molecule has 0 aliphatic rings. The van der Waals surface area contributed by atoms with Crippen LogP contribution in [0.3, 0.4) is 0 Å². The summed E-state index contributed by atoms with van der Waals surface area (Å²) >= 11 is 1.98. The van der Waals surface area contributed by atoms with Crippen LogP contribution in [0.2, 0.25) is 0 Å². The average Bonchev–Trinajstić information content (AvgIpc) is 2.18. The second-order valence-electron chi connectivity index (χ2n) is 4.50. The topological polar surface area (TPSA) is 92.5 Å². The van der Waals surface area contributed by atoms with Gasteiger partial charge in [-0.2, -0.15) is 0 Å². The zero-order chi connectivity index (χ0) is 13.9. The van der Waals surface area contributed by atoms with Crippen molar-refractivity contribution in [2.45, 2.75) is 25.8 Å². The predicted octanol–water partition coefficient (Wildman–Crippen LogP) is 2.86. The zero-order valence-electron chi connectivity index (χ0n) is 9.94. The monoisotopic (exact) mass is 364 g/mol. The van der Waals surface area contributed by atoms with Gasteiger partial charge in [-0.25, -0.2) is 0 Å². The van der Waals surface area contributed by atoms with Gasteiger partial charge >= 0.3 is 5.97 Å². The van der Waals surface area contributed by atoms with E-state index < -0.39 is 16.4 Å². The van der Waals surface area contributed by atoms with E-state index in [-0.39, 0.29) is 12.1 Å². The number of nitro benzene ring substituents is 1. The van der Waals surface area contributed by atoms with Crippen LogP contribution < -0.4 is 5.32 Å². The SMILES string of the molecule is CC(C)(CC(=O)O)Nc1ccc([N+](=O)[O-])cc1I. The van der Waals surface area contributed by atoms with Crippen LogP contribution in [0.1, 0.15) is 20.3 Å². The zero-order valence-corrected chi connectivity index (χ0v) is 12.1. The van der Waals surface area contributed by atoms with E-state index in [4.69, 9.17) is 5.11 Å². The molecule has 0 bridgehead atoms.